The molecule has 0 saturated heterocycles. The highest BCUT2D eigenvalue weighted by atomic mass is 35.5. The number of anilines is 1. The molecule has 7 nitrogen and oxygen atoms in total. The predicted octanol–water partition coefficient (Wildman–Crippen LogP) is 5.97. The molecule has 3 aromatic rings. The van der Waals surface area contributed by atoms with E-state index < -0.39 is 28.5 Å². The first kappa shape index (κ1) is 29.9. The molecular weight excluding hydrogens is 569 g/mol. The molecule has 1 aliphatic carbocycles. The number of hydrogen-bond donors (Lipinski definition) is 1. The van der Waals surface area contributed by atoms with Gasteiger partial charge in [0, 0.05) is 22.6 Å². The van der Waals surface area contributed by atoms with Crippen molar-refractivity contribution in [2.24, 2.45) is 0 Å². The number of rotatable bonds is 10. The number of para-hydroxylation sites is 1. The van der Waals surface area contributed by atoms with E-state index in [0.29, 0.717) is 26.9 Å². The van der Waals surface area contributed by atoms with Gasteiger partial charge in [-0.1, -0.05) is 78.5 Å². The summed E-state index contributed by atoms with van der Waals surface area (Å²) in [5.41, 5.74) is 1.66. The Morgan fingerprint density at radius 2 is 1.62 bits per heavy atom. The van der Waals surface area contributed by atoms with Gasteiger partial charge in [-0.3, -0.25) is 13.9 Å². The summed E-state index contributed by atoms with van der Waals surface area (Å²) in [6.45, 7) is 2.93. The van der Waals surface area contributed by atoms with E-state index in [9.17, 15) is 18.0 Å². The van der Waals surface area contributed by atoms with Crippen LogP contribution in [0.2, 0.25) is 10.0 Å². The first-order valence-electron chi connectivity index (χ1n) is 13.2. The molecule has 10 heteroatoms. The number of benzene rings is 3. The normalized spacial score (nSPS) is 14.5. The summed E-state index contributed by atoms with van der Waals surface area (Å²) in [5, 5.41) is 3.85. The summed E-state index contributed by atoms with van der Waals surface area (Å²) in [5.74, 6) is -0.832. The molecule has 3 aromatic carbocycles. The molecular formula is C30H33Cl2N3O4S. The van der Waals surface area contributed by atoms with Crippen LogP contribution in [0, 0.1) is 6.92 Å². The van der Waals surface area contributed by atoms with Crippen molar-refractivity contribution in [3.63, 3.8) is 0 Å². The maximum Gasteiger partial charge on any atom is 0.264 e. The SMILES string of the molecule is Cc1ccccc1N(CC(=O)N(Cc1ccc(Cl)cc1Cl)C(C)C(=O)NC1CCCC1)S(=O)(=O)c1ccccc1. The topological polar surface area (TPSA) is 86.8 Å². The van der Waals surface area contributed by atoms with Crippen LogP contribution in [-0.4, -0.2) is 43.8 Å². The zero-order valence-corrected chi connectivity index (χ0v) is 24.8. The Bertz CT molecular complexity index is 1460. The van der Waals surface area contributed by atoms with E-state index in [1.54, 1.807) is 74.5 Å². The lowest BCUT2D eigenvalue weighted by molar-refractivity contribution is -0.139. The Kier molecular flexibility index (Phi) is 9.77. The lowest BCUT2D eigenvalue weighted by Crippen LogP contribution is -2.52. The Hall–Kier alpha value is -3.07. The van der Waals surface area contributed by atoms with E-state index in [1.165, 1.54) is 17.0 Å². The van der Waals surface area contributed by atoms with Crippen LogP contribution >= 0.6 is 23.2 Å². The second-order valence-electron chi connectivity index (χ2n) is 10.0. The number of nitrogens with one attached hydrogen (secondary N) is 1. The van der Waals surface area contributed by atoms with E-state index >= 15 is 0 Å². The van der Waals surface area contributed by atoms with Crippen molar-refractivity contribution in [2.45, 2.75) is 63.1 Å². The van der Waals surface area contributed by atoms with Crippen LogP contribution in [0.25, 0.3) is 0 Å². The van der Waals surface area contributed by atoms with Gasteiger partial charge in [-0.15, -0.1) is 0 Å². The number of aryl methyl sites for hydroxylation is 1. The molecule has 1 unspecified atom stereocenters. The number of hydrogen-bond acceptors (Lipinski definition) is 4. The maximum absolute atomic E-state index is 14.1. The fourth-order valence-electron chi connectivity index (χ4n) is 4.88. The average molecular weight is 603 g/mol. The fourth-order valence-corrected chi connectivity index (χ4v) is 6.85. The highest BCUT2D eigenvalue weighted by Gasteiger charge is 2.34. The number of carbonyl (C=O) groups excluding carboxylic acids is 2. The minimum Gasteiger partial charge on any atom is -0.352 e. The molecule has 4 rings (SSSR count). The Labute approximate surface area is 246 Å². The van der Waals surface area contributed by atoms with Crippen LogP contribution in [0.3, 0.4) is 0 Å². The first-order chi connectivity index (χ1) is 19.1. The highest BCUT2D eigenvalue weighted by molar-refractivity contribution is 7.92. The molecule has 1 saturated carbocycles. The van der Waals surface area contributed by atoms with E-state index in [4.69, 9.17) is 23.2 Å². The number of halogens is 2. The number of sulfonamides is 1. The molecule has 0 aliphatic heterocycles. The summed E-state index contributed by atoms with van der Waals surface area (Å²) in [6, 6.07) is 19.1. The highest BCUT2D eigenvalue weighted by Crippen LogP contribution is 2.28. The van der Waals surface area contributed by atoms with Gasteiger partial charge in [0.05, 0.1) is 10.6 Å². The Morgan fingerprint density at radius 3 is 2.27 bits per heavy atom. The molecule has 1 fully saturated rings. The molecule has 0 radical (unpaired) electrons. The molecule has 1 N–H and O–H groups in total. The minimum absolute atomic E-state index is 0.00108. The predicted molar refractivity (Wildman–Crippen MR) is 159 cm³/mol. The van der Waals surface area contributed by atoms with Gasteiger partial charge in [0.1, 0.15) is 12.6 Å². The molecule has 40 heavy (non-hydrogen) atoms. The van der Waals surface area contributed by atoms with Crippen molar-refractivity contribution in [2.75, 3.05) is 10.8 Å². The fraction of sp³-hybridized carbons (Fsp3) is 0.333. The van der Waals surface area contributed by atoms with E-state index in [1.807, 2.05) is 0 Å². The smallest absolute Gasteiger partial charge is 0.264 e. The van der Waals surface area contributed by atoms with Crippen molar-refractivity contribution >= 4 is 50.7 Å². The van der Waals surface area contributed by atoms with Crippen molar-refractivity contribution in [3.8, 4) is 0 Å². The Morgan fingerprint density at radius 1 is 0.975 bits per heavy atom. The molecule has 0 aromatic heterocycles. The molecule has 2 amide bonds. The second kappa shape index (κ2) is 13.1. The van der Waals surface area contributed by atoms with Crippen LogP contribution in [0.15, 0.2) is 77.7 Å². The van der Waals surface area contributed by atoms with Crippen LogP contribution in [0.4, 0.5) is 5.69 Å². The van der Waals surface area contributed by atoms with Crippen LogP contribution in [-0.2, 0) is 26.2 Å². The van der Waals surface area contributed by atoms with Gasteiger partial charge in [0.15, 0.2) is 0 Å². The van der Waals surface area contributed by atoms with E-state index in [0.717, 1.165) is 30.0 Å². The van der Waals surface area contributed by atoms with Crippen molar-refractivity contribution in [1.82, 2.24) is 10.2 Å². The third-order valence-corrected chi connectivity index (χ3v) is 9.58. The summed E-state index contributed by atoms with van der Waals surface area (Å²) in [4.78, 5) is 28.8. The van der Waals surface area contributed by atoms with Gasteiger partial charge >= 0.3 is 0 Å². The first-order valence-corrected chi connectivity index (χ1v) is 15.4. The minimum atomic E-state index is -4.11. The molecule has 212 valence electrons. The third-order valence-electron chi connectivity index (χ3n) is 7.22. The average Bonchev–Trinajstić information content (AvgIpc) is 3.45. The van der Waals surface area contributed by atoms with Gasteiger partial charge in [-0.25, -0.2) is 8.42 Å². The summed E-state index contributed by atoms with van der Waals surface area (Å²) in [6.07, 6.45) is 3.88. The maximum atomic E-state index is 14.1. The van der Waals surface area contributed by atoms with Gasteiger partial charge in [0.2, 0.25) is 11.8 Å². The van der Waals surface area contributed by atoms with Gasteiger partial charge in [-0.05, 0) is 68.1 Å². The van der Waals surface area contributed by atoms with Crippen molar-refractivity contribution < 1.29 is 18.0 Å². The molecule has 0 bridgehead atoms. The van der Waals surface area contributed by atoms with Gasteiger partial charge < -0.3 is 10.2 Å². The number of carbonyl (C=O) groups is 2. The lowest BCUT2D eigenvalue weighted by atomic mass is 10.1. The zero-order chi connectivity index (χ0) is 28.9. The monoisotopic (exact) mass is 601 g/mol. The zero-order valence-electron chi connectivity index (χ0n) is 22.5. The van der Waals surface area contributed by atoms with Crippen LogP contribution in [0.5, 0.6) is 0 Å². The summed E-state index contributed by atoms with van der Waals surface area (Å²) < 4.78 is 28.8. The van der Waals surface area contributed by atoms with Crippen molar-refractivity contribution in [3.05, 3.63) is 94.0 Å². The van der Waals surface area contributed by atoms with E-state index in [-0.39, 0.29) is 23.4 Å². The molecule has 1 aliphatic rings. The summed E-state index contributed by atoms with van der Waals surface area (Å²) in [7, 11) is -4.11. The Balaban J connectivity index is 1.70. The van der Waals surface area contributed by atoms with E-state index in [2.05, 4.69) is 5.32 Å². The largest absolute Gasteiger partial charge is 0.352 e. The quantitative estimate of drug-likeness (QED) is 0.310. The number of nitrogens with zero attached hydrogens (tertiary/aromatic N) is 2. The number of amides is 2. The van der Waals surface area contributed by atoms with Crippen molar-refractivity contribution in [1.29, 1.82) is 0 Å². The third kappa shape index (κ3) is 6.97. The molecule has 0 heterocycles. The molecule has 1 atom stereocenters. The van der Waals surface area contributed by atoms with Crippen LogP contribution in [0.1, 0.15) is 43.7 Å². The standard InChI is InChI=1S/C30H33Cl2N3O4S/c1-21-10-6-9-15-28(21)35(40(38,39)26-13-4-3-5-14-26)20-29(36)34(19-23-16-17-24(31)18-27(23)32)22(2)30(37)33-25-11-7-8-12-25/h3-6,9-10,13-18,22,25H,7-8,11-12,19-20H2,1-2H3,(H,33,37). The van der Waals surface area contributed by atoms with Gasteiger partial charge in [0.25, 0.3) is 10.0 Å². The molecule has 0 spiro atoms. The second-order valence-corrected chi connectivity index (χ2v) is 12.7. The lowest BCUT2D eigenvalue weighted by Gasteiger charge is -2.33. The van der Waals surface area contributed by atoms with Gasteiger partial charge in [-0.2, -0.15) is 0 Å². The summed E-state index contributed by atoms with van der Waals surface area (Å²) >= 11 is 12.5. The van der Waals surface area contributed by atoms with Crippen LogP contribution < -0.4 is 9.62 Å².